The van der Waals surface area contributed by atoms with E-state index >= 15 is 0 Å². The maximum Gasteiger partial charge on any atom is 0.305 e. The number of methoxy groups -OCH3 is 1. The van der Waals surface area contributed by atoms with E-state index in [1.165, 1.54) is 7.11 Å². The first-order valence-electron chi connectivity index (χ1n) is 5.89. The molecule has 0 saturated carbocycles. The van der Waals surface area contributed by atoms with Gasteiger partial charge in [-0.1, -0.05) is 0 Å². The molecule has 0 aliphatic heterocycles. The smallest absolute Gasteiger partial charge is 0.305 e. The summed E-state index contributed by atoms with van der Waals surface area (Å²) in [5, 5.41) is 4.55. The summed E-state index contributed by atoms with van der Waals surface area (Å²) in [6, 6.07) is 0. The highest BCUT2D eigenvalue weighted by Crippen LogP contribution is 2.22. The van der Waals surface area contributed by atoms with Crippen LogP contribution >= 0.6 is 0 Å². The van der Waals surface area contributed by atoms with Gasteiger partial charge in [-0.3, -0.25) is 9.48 Å². The second kappa shape index (κ2) is 4.90. The molecular formula is C13H22N2O2. The highest BCUT2D eigenvalue weighted by Gasteiger charge is 2.20. The molecule has 96 valence electrons. The summed E-state index contributed by atoms with van der Waals surface area (Å²) in [4.78, 5) is 11.2. The van der Waals surface area contributed by atoms with Crippen LogP contribution in [0.1, 0.15) is 44.1 Å². The van der Waals surface area contributed by atoms with E-state index in [2.05, 4.69) is 37.5 Å². The molecule has 1 aromatic rings. The minimum absolute atomic E-state index is 0.0294. The third kappa shape index (κ3) is 3.08. The third-order valence-electron chi connectivity index (χ3n) is 2.88. The zero-order chi connectivity index (χ0) is 13.2. The van der Waals surface area contributed by atoms with E-state index < -0.39 is 0 Å². The van der Waals surface area contributed by atoms with E-state index in [0.29, 0.717) is 12.8 Å². The van der Waals surface area contributed by atoms with Crippen LogP contribution in [0.15, 0.2) is 0 Å². The van der Waals surface area contributed by atoms with Gasteiger partial charge < -0.3 is 4.74 Å². The lowest BCUT2D eigenvalue weighted by atomic mass is 10.1. The number of rotatable bonds is 3. The predicted molar refractivity (Wildman–Crippen MR) is 67.0 cm³/mol. The van der Waals surface area contributed by atoms with Crippen molar-refractivity contribution in [3.05, 3.63) is 17.0 Å². The number of hydrogen-bond donors (Lipinski definition) is 0. The molecule has 0 aromatic carbocycles. The van der Waals surface area contributed by atoms with Crippen molar-refractivity contribution in [1.29, 1.82) is 0 Å². The van der Waals surface area contributed by atoms with Gasteiger partial charge in [-0.25, -0.2) is 0 Å². The first-order chi connectivity index (χ1) is 7.77. The van der Waals surface area contributed by atoms with E-state index in [9.17, 15) is 4.79 Å². The first-order valence-corrected chi connectivity index (χ1v) is 5.89. The zero-order valence-electron chi connectivity index (χ0n) is 11.6. The Labute approximate surface area is 103 Å². The highest BCUT2D eigenvalue weighted by atomic mass is 16.5. The summed E-state index contributed by atoms with van der Waals surface area (Å²) in [6.45, 7) is 10.4. The van der Waals surface area contributed by atoms with Crippen LogP contribution in [0.4, 0.5) is 0 Å². The average molecular weight is 238 g/mol. The van der Waals surface area contributed by atoms with Crippen molar-refractivity contribution in [2.24, 2.45) is 0 Å². The number of carbonyl (C=O) groups is 1. The van der Waals surface area contributed by atoms with Gasteiger partial charge in [-0.05, 0) is 46.6 Å². The molecule has 0 fully saturated rings. The van der Waals surface area contributed by atoms with E-state index in [0.717, 1.165) is 17.0 Å². The van der Waals surface area contributed by atoms with Crippen LogP contribution < -0.4 is 0 Å². The fourth-order valence-corrected chi connectivity index (χ4v) is 2.02. The quantitative estimate of drug-likeness (QED) is 0.759. The minimum Gasteiger partial charge on any atom is -0.469 e. The number of hydrogen-bond acceptors (Lipinski definition) is 3. The average Bonchev–Trinajstić information content (AvgIpc) is 2.51. The molecule has 0 amide bonds. The van der Waals surface area contributed by atoms with Gasteiger partial charge in [0, 0.05) is 12.1 Å². The molecule has 4 nitrogen and oxygen atoms in total. The van der Waals surface area contributed by atoms with Gasteiger partial charge in [0.05, 0.1) is 18.3 Å². The summed E-state index contributed by atoms with van der Waals surface area (Å²) in [5.41, 5.74) is 3.27. The van der Waals surface area contributed by atoms with Crippen LogP contribution in [0.3, 0.4) is 0 Å². The fraction of sp³-hybridized carbons (Fsp3) is 0.692. The van der Waals surface area contributed by atoms with Crippen LogP contribution in [0, 0.1) is 13.8 Å². The van der Waals surface area contributed by atoms with Crippen LogP contribution in [0.5, 0.6) is 0 Å². The normalized spacial score (nSPS) is 11.6. The molecule has 1 rings (SSSR count). The van der Waals surface area contributed by atoms with Crippen molar-refractivity contribution in [2.45, 2.75) is 53.0 Å². The summed E-state index contributed by atoms with van der Waals surface area (Å²) in [7, 11) is 1.42. The maximum absolute atomic E-state index is 11.2. The van der Waals surface area contributed by atoms with Crippen molar-refractivity contribution < 1.29 is 9.53 Å². The second-order valence-corrected chi connectivity index (χ2v) is 5.31. The van der Waals surface area contributed by atoms with Crippen LogP contribution in [0.2, 0.25) is 0 Å². The first kappa shape index (κ1) is 13.7. The molecule has 1 aromatic heterocycles. The molecule has 0 aliphatic carbocycles. The highest BCUT2D eigenvalue weighted by molar-refractivity contribution is 5.69. The molecular weight excluding hydrogens is 216 g/mol. The summed E-state index contributed by atoms with van der Waals surface area (Å²) in [6.07, 6.45) is 1.11. The number of aromatic nitrogens is 2. The molecule has 0 N–H and O–H groups in total. The number of carbonyl (C=O) groups excluding carboxylic acids is 1. The topological polar surface area (TPSA) is 44.1 Å². The Kier molecular flexibility index (Phi) is 3.96. The van der Waals surface area contributed by atoms with Gasteiger partial charge in [-0.2, -0.15) is 5.10 Å². The summed E-state index contributed by atoms with van der Waals surface area (Å²) >= 11 is 0. The van der Waals surface area contributed by atoms with Crippen LogP contribution in [-0.4, -0.2) is 22.9 Å². The third-order valence-corrected chi connectivity index (χ3v) is 2.88. The standard InChI is InChI=1S/C13H22N2O2/c1-9-11(7-8-12(16)17-6)10(2)15(14-9)13(3,4)5/h7-8H2,1-6H3. The summed E-state index contributed by atoms with van der Waals surface area (Å²) < 4.78 is 6.68. The van der Waals surface area contributed by atoms with E-state index in [4.69, 9.17) is 0 Å². The molecule has 1 heterocycles. The zero-order valence-corrected chi connectivity index (χ0v) is 11.6. The predicted octanol–water partition coefficient (Wildman–Crippen LogP) is 2.36. The van der Waals surface area contributed by atoms with Crippen molar-refractivity contribution >= 4 is 5.97 Å². The molecule has 0 atom stereocenters. The van der Waals surface area contributed by atoms with E-state index in [1.54, 1.807) is 0 Å². The Morgan fingerprint density at radius 3 is 2.35 bits per heavy atom. The van der Waals surface area contributed by atoms with Gasteiger partial charge in [0.15, 0.2) is 0 Å². The van der Waals surface area contributed by atoms with Crippen molar-refractivity contribution in [3.8, 4) is 0 Å². The van der Waals surface area contributed by atoms with Crippen LogP contribution in [0.25, 0.3) is 0 Å². The minimum atomic E-state index is -0.174. The number of esters is 1. The number of nitrogens with zero attached hydrogens (tertiary/aromatic N) is 2. The number of aryl methyl sites for hydroxylation is 1. The van der Waals surface area contributed by atoms with E-state index in [1.807, 2.05) is 11.6 Å². The van der Waals surface area contributed by atoms with Gasteiger partial charge in [0.2, 0.25) is 0 Å². The largest absolute Gasteiger partial charge is 0.469 e. The van der Waals surface area contributed by atoms with Crippen LogP contribution in [-0.2, 0) is 21.5 Å². The molecule has 17 heavy (non-hydrogen) atoms. The fourth-order valence-electron chi connectivity index (χ4n) is 2.02. The van der Waals surface area contributed by atoms with Gasteiger partial charge >= 0.3 is 5.97 Å². The number of ether oxygens (including phenoxy) is 1. The Morgan fingerprint density at radius 2 is 1.94 bits per heavy atom. The Balaban J connectivity index is 2.94. The van der Waals surface area contributed by atoms with Crippen molar-refractivity contribution in [2.75, 3.05) is 7.11 Å². The van der Waals surface area contributed by atoms with E-state index in [-0.39, 0.29) is 11.5 Å². The lowest BCUT2D eigenvalue weighted by Gasteiger charge is -2.21. The molecule has 4 heteroatoms. The Morgan fingerprint density at radius 1 is 1.35 bits per heavy atom. The van der Waals surface area contributed by atoms with Gasteiger partial charge in [-0.15, -0.1) is 0 Å². The van der Waals surface area contributed by atoms with Gasteiger partial charge in [0.1, 0.15) is 0 Å². The second-order valence-electron chi connectivity index (χ2n) is 5.31. The molecule has 0 aliphatic rings. The Bertz CT molecular complexity index is 414. The molecule has 0 spiro atoms. The lowest BCUT2D eigenvalue weighted by molar-refractivity contribution is -0.140. The molecule has 0 unspecified atom stereocenters. The van der Waals surface area contributed by atoms with Gasteiger partial charge in [0.25, 0.3) is 0 Å². The maximum atomic E-state index is 11.2. The lowest BCUT2D eigenvalue weighted by Crippen LogP contribution is -2.24. The SMILES string of the molecule is COC(=O)CCc1c(C)nn(C(C)(C)C)c1C. The van der Waals surface area contributed by atoms with Crippen molar-refractivity contribution in [1.82, 2.24) is 9.78 Å². The Hall–Kier alpha value is -1.32. The molecule has 0 radical (unpaired) electrons. The summed E-state index contributed by atoms with van der Waals surface area (Å²) in [5.74, 6) is -0.174. The van der Waals surface area contributed by atoms with Crippen molar-refractivity contribution in [3.63, 3.8) is 0 Å². The monoisotopic (exact) mass is 238 g/mol. The molecule has 0 bridgehead atoms. The molecule has 0 saturated heterocycles.